The summed E-state index contributed by atoms with van der Waals surface area (Å²) in [7, 11) is 2.93. The van der Waals surface area contributed by atoms with Crippen molar-refractivity contribution in [1.82, 2.24) is 4.57 Å². The predicted octanol–water partition coefficient (Wildman–Crippen LogP) is 3.93. The average molecular weight is 519 g/mol. The minimum absolute atomic E-state index is 0.229. The first-order valence-electron chi connectivity index (χ1n) is 12.1. The summed E-state index contributed by atoms with van der Waals surface area (Å²) in [6.45, 7) is 8.21. The van der Waals surface area contributed by atoms with Crippen molar-refractivity contribution in [2.24, 2.45) is 4.99 Å². The van der Waals surface area contributed by atoms with E-state index in [-0.39, 0.29) is 5.56 Å². The van der Waals surface area contributed by atoms with Crippen molar-refractivity contribution >= 4 is 23.4 Å². The zero-order chi connectivity index (χ0) is 26.5. The highest BCUT2D eigenvalue weighted by Gasteiger charge is 2.33. The largest absolute Gasteiger partial charge is 0.493 e. The summed E-state index contributed by atoms with van der Waals surface area (Å²) in [6, 6.07) is 12.7. The van der Waals surface area contributed by atoms with Crippen LogP contribution >= 0.6 is 11.3 Å². The van der Waals surface area contributed by atoms with Crippen molar-refractivity contribution in [2.75, 3.05) is 20.8 Å². The number of methoxy groups -OCH3 is 2. The van der Waals surface area contributed by atoms with Crippen LogP contribution in [0.4, 0.5) is 0 Å². The van der Waals surface area contributed by atoms with Crippen molar-refractivity contribution in [3.05, 3.63) is 103 Å². The van der Waals surface area contributed by atoms with E-state index in [0.717, 1.165) is 16.7 Å². The van der Waals surface area contributed by atoms with Crippen LogP contribution in [0.3, 0.4) is 0 Å². The number of hydrogen-bond donors (Lipinski definition) is 0. The minimum atomic E-state index is -0.631. The van der Waals surface area contributed by atoms with E-state index in [9.17, 15) is 9.59 Å². The Morgan fingerprint density at radius 2 is 1.95 bits per heavy atom. The molecule has 0 spiro atoms. The number of rotatable bonds is 9. The van der Waals surface area contributed by atoms with Gasteiger partial charge in [0.05, 0.1) is 42.7 Å². The fourth-order valence-corrected chi connectivity index (χ4v) is 5.52. The number of nitrogens with zero attached hydrogens (tertiary/aromatic N) is 2. The van der Waals surface area contributed by atoms with Crippen LogP contribution in [0.25, 0.3) is 6.08 Å². The van der Waals surface area contributed by atoms with Gasteiger partial charge in [-0.3, -0.25) is 9.36 Å². The number of benzene rings is 2. The summed E-state index contributed by atoms with van der Waals surface area (Å²) in [5, 5.41) is 0. The van der Waals surface area contributed by atoms with Gasteiger partial charge in [0.25, 0.3) is 5.56 Å². The molecule has 0 unspecified atom stereocenters. The molecule has 0 N–H and O–H groups in total. The van der Waals surface area contributed by atoms with E-state index in [0.29, 0.717) is 51.6 Å². The summed E-state index contributed by atoms with van der Waals surface area (Å²) >= 11 is 1.29. The first kappa shape index (κ1) is 26.2. The number of hydrogen-bond acceptors (Lipinski definition) is 7. The van der Waals surface area contributed by atoms with Crippen LogP contribution in [0.1, 0.15) is 43.0 Å². The van der Waals surface area contributed by atoms with Crippen molar-refractivity contribution in [2.45, 2.75) is 32.7 Å². The quantitative estimate of drug-likeness (QED) is 0.317. The van der Waals surface area contributed by atoms with Gasteiger partial charge >= 0.3 is 5.97 Å². The molecule has 0 bridgehead atoms. The van der Waals surface area contributed by atoms with Gasteiger partial charge in [0.2, 0.25) is 0 Å². The van der Waals surface area contributed by atoms with E-state index < -0.39 is 12.0 Å². The standard InChI is InChI=1S/C29H30N2O5S/c1-6-12-20-15-18(16-22(34-4)26(20)36-8-3)17-23-27(32)31-25(19-13-10-9-11-14-19)24(28(33)35-5)21(7-2)30-29(31)37-23/h6,9-11,13-17,25H,1,7-8,12H2,2-5H3/b23-17-/t25-/m1/s1. The van der Waals surface area contributed by atoms with Gasteiger partial charge in [-0.05, 0) is 49.1 Å². The maximum Gasteiger partial charge on any atom is 0.338 e. The fourth-order valence-electron chi connectivity index (χ4n) is 4.50. The Balaban J connectivity index is 1.96. The summed E-state index contributed by atoms with van der Waals surface area (Å²) in [5.41, 5.74) is 3.29. The SMILES string of the molecule is C=CCc1cc(/C=c2\sc3n(c2=O)[C@H](c2ccccc2)C(C(=O)OC)=C(CC)N=3)cc(OC)c1OCC. The maximum atomic E-state index is 13.8. The van der Waals surface area contributed by atoms with E-state index in [4.69, 9.17) is 19.2 Å². The van der Waals surface area contributed by atoms with E-state index in [1.165, 1.54) is 18.4 Å². The monoisotopic (exact) mass is 518 g/mol. The van der Waals surface area contributed by atoms with Crippen LogP contribution in [0, 0.1) is 0 Å². The van der Waals surface area contributed by atoms with E-state index in [1.54, 1.807) is 17.8 Å². The van der Waals surface area contributed by atoms with E-state index >= 15 is 0 Å². The highest BCUT2D eigenvalue weighted by molar-refractivity contribution is 7.07. The number of fused-ring (bicyclic) bond motifs is 1. The number of thiazole rings is 1. The second-order valence-electron chi connectivity index (χ2n) is 8.34. The minimum Gasteiger partial charge on any atom is -0.493 e. The Bertz CT molecular complexity index is 1530. The van der Waals surface area contributed by atoms with E-state index in [2.05, 4.69) is 6.58 Å². The van der Waals surface area contributed by atoms with Crippen LogP contribution < -0.4 is 24.4 Å². The summed E-state index contributed by atoms with van der Waals surface area (Å²) in [4.78, 5) is 32.0. The lowest BCUT2D eigenvalue weighted by Gasteiger charge is -2.25. The molecule has 0 amide bonds. The molecule has 1 aliphatic rings. The molecule has 37 heavy (non-hydrogen) atoms. The Morgan fingerprint density at radius 3 is 2.57 bits per heavy atom. The lowest BCUT2D eigenvalue weighted by molar-refractivity contribution is -0.136. The third kappa shape index (κ3) is 5.02. The van der Waals surface area contributed by atoms with Gasteiger partial charge in [-0.25, -0.2) is 9.79 Å². The summed E-state index contributed by atoms with van der Waals surface area (Å²) < 4.78 is 18.6. The second kappa shape index (κ2) is 11.4. The van der Waals surface area contributed by atoms with E-state index in [1.807, 2.05) is 62.4 Å². The number of aromatic nitrogens is 1. The molecule has 0 radical (unpaired) electrons. The zero-order valence-electron chi connectivity index (χ0n) is 21.4. The molecule has 8 heteroatoms. The first-order valence-corrected chi connectivity index (χ1v) is 12.9. The highest BCUT2D eigenvalue weighted by atomic mass is 32.1. The number of ether oxygens (including phenoxy) is 3. The number of esters is 1. The number of carbonyl (C=O) groups excluding carboxylic acids is 1. The third-order valence-electron chi connectivity index (χ3n) is 6.09. The van der Waals surface area contributed by atoms with Gasteiger partial charge in [0.1, 0.15) is 0 Å². The van der Waals surface area contributed by atoms with Crippen molar-refractivity contribution in [1.29, 1.82) is 0 Å². The molecule has 192 valence electrons. The number of allylic oxidation sites excluding steroid dienone is 2. The molecule has 7 nitrogen and oxygen atoms in total. The van der Waals surface area contributed by atoms with Crippen LogP contribution in [0.2, 0.25) is 0 Å². The van der Waals surface area contributed by atoms with Crippen LogP contribution in [-0.2, 0) is 16.0 Å². The molecule has 3 aromatic rings. The second-order valence-corrected chi connectivity index (χ2v) is 9.35. The average Bonchev–Trinajstić information content (AvgIpc) is 3.23. The van der Waals surface area contributed by atoms with Gasteiger partial charge in [0, 0.05) is 5.56 Å². The molecule has 1 aliphatic heterocycles. The molecule has 0 saturated carbocycles. The molecule has 1 aromatic heterocycles. The van der Waals surface area contributed by atoms with Crippen molar-refractivity contribution in [3.63, 3.8) is 0 Å². The summed E-state index contributed by atoms with van der Waals surface area (Å²) in [5.74, 6) is 0.764. The van der Waals surface area contributed by atoms with Crippen molar-refractivity contribution < 1.29 is 19.0 Å². The molecule has 2 aromatic carbocycles. The van der Waals surface area contributed by atoms with Crippen molar-refractivity contribution in [3.8, 4) is 11.5 Å². The Hall–Kier alpha value is -3.91. The first-order chi connectivity index (χ1) is 18.0. The normalized spacial score (nSPS) is 15.1. The summed E-state index contributed by atoms with van der Waals surface area (Å²) in [6.07, 6.45) is 4.74. The molecule has 4 rings (SSSR count). The van der Waals surface area contributed by atoms with Gasteiger partial charge in [-0.1, -0.05) is 54.7 Å². The zero-order valence-corrected chi connectivity index (χ0v) is 22.3. The maximum absolute atomic E-state index is 13.8. The van der Waals surface area contributed by atoms with Crippen LogP contribution in [-0.4, -0.2) is 31.4 Å². The molecule has 0 saturated heterocycles. The Morgan fingerprint density at radius 1 is 1.19 bits per heavy atom. The molecular formula is C29H30N2O5S. The van der Waals surface area contributed by atoms with Crippen LogP contribution in [0.5, 0.6) is 11.5 Å². The predicted molar refractivity (Wildman–Crippen MR) is 145 cm³/mol. The molecule has 2 heterocycles. The van der Waals surface area contributed by atoms with Gasteiger partial charge in [-0.15, -0.1) is 6.58 Å². The lowest BCUT2D eigenvalue weighted by Crippen LogP contribution is -2.40. The molecule has 0 aliphatic carbocycles. The highest BCUT2D eigenvalue weighted by Crippen LogP contribution is 2.34. The third-order valence-corrected chi connectivity index (χ3v) is 7.07. The van der Waals surface area contributed by atoms with Gasteiger partial charge < -0.3 is 14.2 Å². The molecule has 0 fully saturated rings. The topological polar surface area (TPSA) is 79.1 Å². The molecule has 1 atom stereocenters. The fraction of sp³-hybridized carbons (Fsp3) is 0.276. The number of carbonyl (C=O) groups is 1. The van der Waals surface area contributed by atoms with Gasteiger partial charge in [-0.2, -0.15) is 0 Å². The smallest absolute Gasteiger partial charge is 0.338 e. The molecular weight excluding hydrogens is 488 g/mol. The van der Waals surface area contributed by atoms with Crippen LogP contribution in [0.15, 0.2) is 76.2 Å². The van der Waals surface area contributed by atoms with Gasteiger partial charge in [0.15, 0.2) is 16.3 Å². The Labute approximate surface area is 219 Å². The Kier molecular flexibility index (Phi) is 8.08. The lowest BCUT2D eigenvalue weighted by atomic mass is 9.95.